The number of carbonyl (C=O) groups is 1. The fourth-order valence-corrected chi connectivity index (χ4v) is 4.08. The van der Waals surface area contributed by atoms with Crippen molar-refractivity contribution in [3.05, 3.63) is 0 Å². The van der Waals surface area contributed by atoms with Gasteiger partial charge in [-0.25, -0.2) is 4.79 Å². The van der Waals surface area contributed by atoms with E-state index in [0.29, 0.717) is 11.8 Å². The molecule has 2 saturated carbocycles. The van der Waals surface area contributed by atoms with Crippen LogP contribution in [0.4, 0.5) is 4.79 Å². The van der Waals surface area contributed by atoms with Crippen LogP contribution in [-0.2, 0) is 4.74 Å². The summed E-state index contributed by atoms with van der Waals surface area (Å²) in [5.74, 6) is 0.626. The average molecular weight is 313 g/mol. The second-order valence-corrected chi connectivity index (χ2v) is 8.31. The first-order valence-electron chi connectivity index (χ1n) is 8.46. The molecule has 5 nitrogen and oxygen atoms in total. The Morgan fingerprint density at radius 2 is 1.82 bits per heavy atom. The second-order valence-electron chi connectivity index (χ2n) is 8.31. The van der Waals surface area contributed by atoms with Crippen molar-refractivity contribution in [1.82, 2.24) is 5.32 Å². The number of fused-ring (bicyclic) bond motifs is 2. The summed E-state index contributed by atoms with van der Waals surface area (Å²) in [6, 6.07) is -0.458. The number of nitrogens with one attached hydrogen (secondary N) is 1. The number of hydrogen-bond donors (Lipinski definition) is 3. The predicted molar refractivity (Wildman–Crippen MR) is 84.3 cm³/mol. The Hall–Kier alpha value is -0.810. The summed E-state index contributed by atoms with van der Waals surface area (Å²) >= 11 is 0. The molecule has 128 valence electrons. The van der Waals surface area contributed by atoms with Crippen molar-refractivity contribution in [2.45, 2.75) is 77.7 Å². The molecule has 6 atom stereocenters. The van der Waals surface area contributed by atoms with E-state index in [-0.39, 0.29) is 11.8 Å². The number of ether oxygens (including phenoxy) is 1. The third-order valence-corrected chi connectivity index (χ3v) is 5.08. The highest BCUT2D eigenvalue weighted by Gasteiger charge is 2.52. The molecule has 2 fully saturated rings. The molecule has 2 rings (SSSR count). The van der Waals surface area contributed by atoms with Gasteiger partial charge in [0.25, 0.3) is 0 Å². The molecule has 0 heterocycles. The van der Waals surface area contributed by atoms with Crippen LogP contribution < -0.4 is 5.32 Å². The van der Waals surface area contributed by atoms with Crippen molar-refractivity contribution in [2.24, 2.45) is 23.7 Å². The molecule has 0 aromatic carbocycles. The van der Waals surface area contributed by atoms with E-state index in [1.807, 2.05) is 34.6 Å². The van der Waals surface area contributed by atoms with Gasteiger partial charge in [-0.3, -0.25) is 0 Å². The van der Waals surface area contributed by atoms with E-state index < -0.39 is 29.9 Å². The highest BCUT2D eigenvalue weighted by Crippen LogP contribution is 2.50. The van der Waals surface area contributed by atoms with Crippen LogP contribution in [0.2, 0.25) is 0 Å². The summed E-state index contributed by atoms with van der Waals surface area (Å²) in [5, 5.41) is 23.9. The smallest absolute Gasteiger partial charge is 0.407 e. The summed E-state index contributed by atoms with van der Waals surface area (Å²) in [7, 11) is 0. The van der Waals surface area contributed by atoms with E-state index in [2.05, 4.69) is 5.32 Å². The minimum Gasteiger partial charge on any atom is -0.444 e. The zero-order valence-corrected chi connectivity index (χ0v) is 14.4. The monoisotopic (exact) mass is 313 g/mol. The highest BCUT2D eigenvalue weighted by atomic mass is 16.6. The summed E-state index contributed by atoms with van der Waals surface area (Å²) in [6.07, 6.45) is 1.48. The maximum Gasteiger partial charge on any atom is 0.407 e. The van der Waals surface area contributed by atoms with Gasteiger partial charge < -0.3 is 20.3 Å². The van der Waals surface area contributed by atoms with E-state index in [1.54, 1.807) is 0 Å². The largest absolute Gasteiger partial charge is 0.444 e. The molecule has 0 spiro atoms. The zero-order chi connectivity index (χ0) is 16.7. The number of alkyl carbamates (subject to hydrolysis) is 1. The van der Waals surface area contributed by atoms with Crippen molar-refractivity contribution in [1.29, 1.82) is 0 Å². The topological polar surface area (TPSA) is 78.8 Å². The van der Waals surface area contributed by atoms with E-state index in [1.165, 1.54) is 0 Å². The minimum absolute atomic E-state index is 0.00580. The van der Waals surface area contributed by atoms with E-state index in [0.717, 1.165) is 19.3 Å². The first-order valence-corrected chi connectivity index (χ1v) is 8.46. The quantitative estimate of drug-likeness (QED) is 0.744. The van der Waals surface area contributed by atoms with Crippen LogP contribution >= 0.6 is 0 Å². The summed E-state index contributed by atoms with van der Waals surface area (Å²) in [4.78, 5) is 12.1. The molecule has 0 aromatic rings. The van der Waals surface area contributed by atoms with Crippen molar-refractivity contribution in [3.63, 3.8) is 0 Å². The lowest BCUT2D eigenvalue weighted by atomic mass is 9.77. The van der Waals surface area contributed by atoms with Gasteiger partial charge in [0.05, 0.1) is 18.2 Å². The Morgan fingerprint density at radius 3 is 2.27 bits per heavy atom. The van der Waals surface area contributed by atoms with Crippen LogP contribution in [0.25, 0.3) is 0 Å². The van der Waals surface area contributed by atoms with Gasteiger partial charge in [0, 0.05) is 5.92 Å². The molecule has 1 amide bonds. The molecule has 0 aliphatic heterocycles. The molecule has 22 heavy (non-hydrogen) atoms. The molecular weight excluding hydrogens is 282 g/mol. The van der Waals surface area contributed by atoms with Crippen molar-refractivity contribution in [3.8, 4) is 0 Å². The van der Waals surface area contributed by atoms with Gasteiger partial charge in [0.15, 0.2) is 0 Å². The second kappa shape index (κ2) is 6.36. The number of carbonyl (C=O) groups excluding carboxylic acids is 1. The third kappa shape index (κ3) is 3.74. The Labute approximate surface area is 133 Å². The molecule has 0 unspecified atom stereocenters. The highest BCUT2D eigenvalue weighted by molar-refractivity contribution is 5.68. The summed E-state index contributed by atoms with van der Waals surface area (Å²) in [6.45, 7) is 9.29. The first-order chi connectivity index (χ1) is 10.1. The number of amides is 1. The normalized spacial score (nSPS) is 33.8. The summed E-state index contributed by atoms with van der Waals surface area (Å²) in [5.41, 5.74) is -0.579. The van der Waals surface area contributed by atoms with Crippen LogP contribution in [-0.4, -0.2) is 40.2 Å². The Bertz CT molecular complexity index is 402. The minimum atomic E-state index is -0.688. The molecule has 0 aromatic heterocycles. The van der Waals surface area contributed by atoms with Gasteiger partial charge in [-0.1, -0.05) is 13.8 Å². The molecule has 2 aliphatic carbocycles. The maximum absolute atomic E-state index is 12.1. The standard InChI is InChI=1S/C17H31NO4/c1-9(2)14(19)13(18-16(21)22-17(3,4)5)12-10-6-7-11(8-10)15(12)20/h9-15,19-20H,6-8H2,1-5H3,(H,18,21)/t10-,11+,12-,13-,14-,15-/m1/s1. The number of hydrogen-bond acceptors (Lipinski definition) is 4. The predicted octanol–water partition coefficient (Wildman–Crippen LogP) is 2.30. The lowest BCUT2D eigenvalue weighted by Crippen LogP contribution is -2.55. The SMILES string of the molecule is CC(C)[C@@H](O)[C@H](NC(=O)OC(C)(C)C)[C@H]1[C@@H]2CC[C@@H](C2)[C@H]1O. The fraction of sp³-hybridized carbons (Fsp3) is 0.941. The molecule has 0 radical (unpaired) electrons. The molecular formula is C17H31NO4. The number of rotatable bonds is 4. The van der Waals surface area contributed by atoms with Crippen LogP contribution in [0.1, 0.15) is 53.9 Å². The van der Waals surface area contributed by atoms with Gasteiger partial charge in [-0.05, 0) is 57.8 Å². The molecule has 2 bridgehead atoms. The van der Waals surface area contributed by atoms with Crippen molar-refractivity contribution < 1.29 is 19.7 Å². The number of aliphatic hydroxyl groups excluding tert-OH is 2. The van der Waals surface area contributed by atoms with Crippen molar-refractivity contribution in [2.75, 3.05) is 0 Å². The fourth-order valence-electron chi connectivity index (χ4n) is 4.08. The molecule has 5 heteroatoms. The van der Waals surface area contributed by atoms with Gasteiger partial charge in [0.2, 0.25) is 0 Å². The lowest BCUT2D eigenvalue weighted by Gasteiger charge is -2.38. The van der Waals surface area contributed by atoms with Crippen LogP contribution in [0, 0.1) is 23.7 Å². The van der Waals surface area contributed by atoms with E-state index in [9.17, 15) is 15.0 Å². The first kappa shape index (κ1) is 17.5. The van der Waals surface area contributed by atoms with Crippen LogP contribution in [0.5, 0.6) is 0 Å². The lowest BCUT2D eigenvalue weighted by molar-refractivity contribution is -0.0206. The molecule has 0 saturated heterocycles. The van der Waals surface area contributed by atoms with Crippen LogP contribution in [0.3, 0.4) is 0 Å². The van der Waals surface area contributed by atoms with Gasteiger partial charge in [-0.2, -0.15) is 0 Å². The average Bonchev–Trinajstić information content (AvgIpc) is 2.94. The zero-order valence-electron chi connectivity index (χ0n) is 14.4. The Kier molecular flexibility index (Phi) is 5.07. The Balaban J connectivity index is 2.12. The van der Waals surface area contributed by atoms with Gasteiger partial charge >= 0.3 is 6.09 Å². The molecule has 3 N–H and O–H groups in total. The van der Waals surface area contributed by atoms with Crippen molar-refractivity contribution >= 4 is 6.09 Å². The Morgan fingerprint density at radius 1 is 1.23 bits per heavy atom. The number of aliphatic hydroxyl groups is 2. The molecule has 2 aliphatic rings. The van der Waals surface area contributed by atoms with E-state index in [4.69, 9.17) is 4.74 Å². The van der Waals surface area contributed by atoms with Crippen LogP contribution in [0.15, 0.2) is 0 Å². The third-order valence-electron chi connectivity index (χ3n) is 5.08. The summed E-state index contributed by atoms with van der Waals surface area (Å²) < 4.78 is 5.33. The van der Waals surface area contributed by atoms with E-state index >= 15 is 0 Å². The van der Waals surface area contributed by atoms with Gasteiger partial charge in [-0.15, -0.1) is 0 Å². The maximum atomic E-state index is 12.1. The van der Waals surface area contributed by atoms with Gasteiger partial charge in [0.1, 0.15) is 5.60 Å².